The van der Waals surface area contributed by atoms with Gasteiger partial charge in [-0.1, -0.05) is 18.2 Å². The normalized spacial score (nSPS) is 18.3. The van der Waals surface area contributed by atoms with Crippen LogP contribution in [0.15, 0.2) is 81.2 Å². The molecule has 8 nitrogen and oxygen atoms in total. The van der Waals surface area contributed by atoms with Gasteiger partial charge >= 0.3 is 0 Å². The van der Waals surface area contributed by atoms with Crippen LogP contribution in [0.3, 0.4) is 0 Å². The summed E-state index contributed by atoms with van der Waals surface area (Å²) in [6.07, 6.45) is 4.53. The summed E-state index contributed by atoms with van der Waals surface area (Å²) in [6, 6.07) is 19.6. The number of aromatic amines is 1. The number of aliphatic imine (C=N–C) groups is 1. The zero-order valence-corrected chi connectivity index (χ0v) is 21.9. The summed E-state index contributed by atoms with van der Waals surface area (Å²) < 4.78 is 16.8. The van der Waals surface area contributed by atoms with Gasteiger partial charge in [-0.15, -0.1) is 0 Å². The quantitative estimate of drug-likeness (QED) is 0.321. The molecule has 0 spiro atoms. The monoisotopic (exact) mass is 528 g/mol. The van der Waals surface area contributed by atoms with Crippen molar-refractivity contribution in [2.24, 2.45) is 4.99 Å². The molecule has 4 heterocycles. The molecule has 38 heavy (non-hydrogen) atoms. The van der Waals surface area contributed by atoms with Crippen molar-refractivity contribution in [3.05, 3.63) is 83.1 Å². The number of H-pyrrole nitrogens is 1. The number of rotatable bonds is 7. The van der Waals surface area contributed by atoms with E-state index in [9.17, 15) is 4.79 Å². The maximum Gasteiger partial charge on any atom is 0.266 e. The van der Waals surface area contributed by atoms with Crippen molar-refractivity contribution in [3.8, 4) is 5.75 Å². The first kappa shape index (κ1) is 24.4. The van der Waals surface area contributed by atoms with Crippen LogP contribution in [0.4, 0.5) is 11.6 Å². The standard InChI is InChI=1S/C29H28N4O4S/c1-35-22-8-6-21(7-9-22)31-29-33(13-12-20-19-30-25-5-3-2-4-24(20)25)28(34)26(38-29)18-23-10-11-27(37-23)32-14-16-36-17-15-32/h2-11,18-19,30H,12-17H2,1H3/b26-18-,31-29?. The van der Waals surface area contributed by atoms with E-state index in [4.69, 9.17) is 18.9 Å². The number of amides is 1. The molecular weight excluding hydrogens is 500 g/mol. The lowest BCUT2D eigenvalue weighted by atomic mass is 10.1. The van der Waals surface area contributed by atoms with Crippen molar-refractivity contribution in [2.45, 2.75) is 6.42 Å². The van der Waals surface area contributed by atoms with Gasteiger partial charge in [0, 0.05) is 48.9 Å². The SMILES string of the molecule is COc1ccc(N=C2S/C(=C\c3ccc(N4CCOCC4)o3)C(=O)N2CCc2c[nH]c3ccccc23)cc1. The molecule has 2 aromatic carbocycles. The van der Waals surface area contributed by atoms with E-state index < -0.39 is 0 Å². The number of morpholine rings is 1. The second-order valence-electron chi connectivity index (χ2n) is 9.04. The van der Waals surface area contributed by atoms with Gasteiger partial charge in [0.15, 0.2) is 11.1 Å². The third-order valence-corrected chi connectivity index (χ3v) is 7.68. The molecule has 2 aliphatic heterocycles. The van der Waals surface area contributed by atoms with E-state index in [1.165, 1.54) is 22.7 Å². The zero-order valence-electron chi connectivity index (χ0n) is 21.1. The van der Waals surface area contributed by atoms with Crippen LogP contribution in [-0.4, -0.2) is 60.9 Å². The number of hydrogen-bond acceptors (Lipinski definition) is 7. The molecule has 0 unspecified atom stereocenters. The second kappa shape index (κ2) is 10.8. The summed E-state index contributed by atoms with van der Waals surface area (Å²) in [5.41, 5.74) is 3.01. The molecule has 0 saturated carbocycles. The van der Waals surface area contributed by atoms with Crippen molar-refractivity contribution in [3.63, 3.8) is 0 Å². The molecule has 4 aromatic rings. The van der Waals surface area contributed by atoms with Crippen molar-refractivity contribution >= 4 is 51.4 Å². The molecule has 0 aliphatic carbocycles. The van der Waals surface area contributed by atoms with Gasteiger partial charge in [0.05, 0.1) is 30.9 Å². The highest BCUT2D eigenvalue weighted by molar-refractivity contribution is 8.18. The number of carbonyl (C=O) groups is 1. The van der Waals surface area contributed by atoms with Crippen LogP contribution < -0.4 is 9.64 Å². The number of carbonyl (C=O) groups excluding carboxylic acids is 1. The summed E-state index contributed by atoms with van der Waals surface area (Å²) in [5, 5.41) is 1.81. The number of fused-ring (bicyclic) bond motifs is 1. The topological polar surface area (TPSA) is 83.3 Å². The van der Waals surface area contributed by atoms with Crippen LogP contribution in [0.2, 0.25) is 0 Å². The molecule has 2 aliphatic rings. The minimum atomic E-state index is -0.0774. The Morgan fingerprint density at radius 3 is 2.71 bits per heavy atom. The molecule has 1 N–H and O–H groups in total. The van der Waals surface area contributed by atoms with Crippen LogP contribution >= 0.6 is 11.8 Å². The number of para-hydroxylation sites is 1. The predicted molar refractivity (Wildman–Crippen MR) is 151 cm³/mol. The number of thioether (sulfide) groups is 1. The Balaban J connectivity index is 1.27. The highest BCUT2D eigenvalue weighted by atomic mass is 32.2. The number of amidine groups is 1. The number of nitrogens with one attached hydrogen (secondary N) is 1. The van der Waals surface area contributed by atoms with Crippen molar-refractivity contribution in [1.82, 2.24) is 9.88 Å². The number of hydrogen-bond donors (Lipinski definition) is 1. The maximum absolute atomic E-state index is 13.6. The fraction of sp³-hybridized carbons (Fsp3) is 0.241. The summed E-state index contributed by atoms with van der Waals surface area (Å²) in [5.74, 6) is 2.12. The van der Waals surface area contributed by atoms with Crippen LogP contribution in [0.25, 0.3) is 17.0 Å². The van der Waals surface area contributed by atoms with Gasteiger partial charge in [0.25, 0.3) is 5.91 Å². The van der Waals surface area contributed by atoms with Gasteiger partial charge in [0.1, 0.15) is 11.5 Å². The first-order valence-electron chi connectivity index (χ1n) is 12.6. The molecule has 6 rings (SSSR count). The Morgan fingerprint density at radius 1 is 1.08 bits per heavy atom. The number of nitrogens with zero attached hydrogens (tertiary/aromatic N) is 3. The number of ether oxygens (including phenoxy) is 2. The fourth-order valence-corrected chi connectivity index (χ4v) is 5.63. The molecule has 194 valence electrons. The second-order valence-corrected chi connectivity index (χ2v) is 10.1. The van der Waals surface area contributed by atoms with Gasteiger partial charge in [-0.25, -0.2) is 4.99 Å². The zero-order chi connectivity index (χ0) is 25.9. The molecule has 2 aromatic heterocycles. The molecule has 1 amide bonds. The van der Waals surface area contributed by atoms with E-state index >= 15 is 0 Å². The molecule has 0 radical (unpaired) electrons. The van der Waals surface area contributed by atoms with Gasteiger partial charge in [-0.05, 0) is 60.1 Å². The predicted octanol–water partition coefficient (Wildman–Crippen LogP) is 5.45. The van der Waals surface area contributed by atoms with Crippen LogP contribution in [0, 0.1) is 0 Å². The van der Waals surface area contributed by atoms with E-state index in [1.54, 1.807) is 12.0 Å². The third-order valence-electron chi connectivity index (χ3n) is 6.67. The average Bonchev–Trinajstić information content (AvgIpc) is 3.67. The first-order chi connectivity index (χ1) is 18.7. The fourth-order valence-electron chi connectivity index (χ4n) is 4.63. The third kappa shape index (κ3) is 5.07. The summed E-state index contributed by atoms with van der Waals surface area (Å²) in [6.45, 7) is 3.45. The molecule has 2 saturated heterocycles. The maximum atomic E-state index is 13.6. The average molecular weight is 529 g/mol. The largest absolute Gasteiger partial charge is 0.497 e. The van der Waals surface area contributed by atoms with E-state index in [0.29, 0.717) is 42.0 Å². The van der Waals surface area contributed by atoms with Crippen LogP contribution in [0.1, 0.15) is 11.3 Å². The van der Waals surface area contributed by atoms with Gasteiger partial charge < -0.3 is 23.8 Å². The lowest BCUT2D eigenvalue weighted by Gasteiger charge is -2.26. The van der Waals surface area contributed by atoms with Crippen LogP contribution in [0.5, 0.6) is 5.75 Å². The number of anilines is 1. The lowest BCUT2D eigenvalue weighted by molar-refractivity contribution is -0.122. The minimum absolute atomic E-state index is 0.0774. The number of benzene rings is 2. The molecular formula is C29H28N4O4S. The minimum Gasteiger partial charge on any atom is -0.497 e. The van der Waals surface area contributed by atoms with E-state index in [2.05, 4.69) is 22.0 Å². The number of aromatic nitrogens is 1. The molecule has 0 atom stereocenters. The smallest absolute Gasteiger partial charge is 0.266 e. The molecule has 2 fully saturated rings. The Bertz CT molecular complexity index is 1500. The van der Waals surface area contributed by atoms with Crippen molar-refractivity contribution < 1.29 is 18.7 Å². The van der Waals surface area contributed by atoms with Crippen molar-refractivity contribution in [1.29, 1.82) is 0 Å². The highest BCUT2D eigenvalue weighted by Gasteiger charge is 2.33. The number of furan rings is 1. The Morgan fingerprint density at radius 2 is 1.89 bits per heavy atom. The lowest BCUT2D eigenvalue weighted by Crippen LogP contribution is -2.35. The Labute approximate surface area is 224 Å². The highest BCUT2D eigenvalue weighted by Crippen LogP contribution is 2.35. The van der Waals surface area contributed by atoms with Gasteiger partial charge in [-0.3, -0.25) is 9.69 Å². The van der Waals surface area contributed by atoms with Crippen LogP contribution in [-0.2, 0) is 16.0 Å². The molecule has 9 heteroatoms. The van der Waals surface area contributed by atoms with Crippen molar-refractivity contribution in [2.75, 3.05) is 44.9 Å². The summed E-state index contributed by atoms with van der Waals surface area (Å²) in [4.78, 5) is 26.2. The van der Waals surface area contributed by atoms with E-state index in [1.807, 2.05) is 60.8 Å². The summed E-state index contributed by atoms with van der Waals surface area (Å²) in [7, 11) is 1.63. The first-order valence-corrected chi connectivity index (χ1v) is 13.4. The van der Waals surface area contributed by atoms with Gasteiger partial charge in [-0.2, -0.15) is 0 Å². The Kier molecular flexibility index (Phi) is 6.94. The Hall–Kier alpha value is -3.95. The van der Waals surface area contributed by atoms with Gasteiger partial charge in [0.2, 0.25) is 0 Å². The van der Waals surface area contributed by atoms with E-state index in [-0.39, 0.29) is 5.91 Å². The number of methoxy groups -OCH3 is 1. The summed E-state index contributed by atoms with van der Waals surface area (Å²) >= 11 is 1.37. The molecule has 0 bridgehead atoms. The van der Waals surface area contributed by atoms with E-state index in [0.717, 1.165) is 35.9 Å².